The minimum Gasteiger partial charge on any atom is -0.492 e. The van der Waals surface area contributed by atoms with Crippen molar-refractivity contribution in [2.45, 2.75) is 39.3 Å². The molecule has 1 aromatic heterocycles. The summed E-state index contributed by atoms with van der Waals surface area (Å²) in [4.78, 5) is 27.4. The third-order valence-electron chi connectivity index (χ3n) is 6.79. The number of guanidine groups is 1. The summed E-state index contributed by atoms with van der Waals surface area (Å²) in [6, 6.07) is 14.7. The van der Waals surface area contributed by atoms with Crippen molar-refractivity contribution < 1.29 is 9.53 Å². The highest BCUT2D eigenvalue weighted by molar-refractivity contribution is 9.10. The van der Waals surface area contributed by atoms with Gasteiger partial charge in [-0.15, -0.1) is 0 Å². The van der Waals surface area contributed by atoms with E-state index in [4.69, 9.17) is 14.7 Å². The second-order valence-corrected chi connectivity index (χ2v) is 9.87. The molecule has 1 amide bonds. The molecular weight excluding hydrogens is 494 g/mol. The summed E-state index contributed by atoms with van der Waals surface area (Å²) >= 11 is 3.65. The minimum atomic E-state index is -0.0305. The van der Waals surface area contributed by atoms with E-state index < -0.39 is 0 Å². The summed E-state index contributed by atoms with van der Waals surface area (Å²) in [5, 5.41) is 0. The van der Waals surface area contributed by atoms with Crippen LogP contribution >= 0.6 is 15.9 Å². The van der Waals surface area contributed by atoms with E-state index >= 15 is 0 Å². The molecule has 0 bridgehead atoms. The maximum atomic E-state index is 13.7. The number of amides is 1. The zero-order valence-electron chi connectivity index (χ0n) is 19.3. The Labute approximate surface area is 207 Å². The van der Waals surface area contributed by atoms with Gasteiger partial charge in [-0.3, -0.25) is 14.6 Å². The van der Waals surface area contributed by atoms with Gasteiger partial charge < -0.3 is 9.30 Å². The Bertz CT molecular complexity index is 1320. The molecule has 8 heteroatoms. The number of hydrogen-bond acceptors (Lipinski definition) is 5. The van der Waals surface area contributed by atoms with Crippen LogP contribution in [0, 0.1) is 6.92 Å². The van der Waals surface area contributed by atoms with E-state index in [0.717, 1.165) is 52.8 Å². The maximum Gasteiger partial charge on any atom is 0.281 e. The van der Waals surface area contributed by atoms with Crippen molar-refractivity contribution >= 4 is 33.6 Å². The molecule has 3 aliphatic rings. The van der Waals surface area contributed by atoms with E-state index in [-0.39, 0.29) is 11.9 Å². The molecule has 4 heterocycles. The first kappa shape index (κ1) is 21.4. The normalized spacial score (nSPS) is 18.5. The highest BCUT2D eigenvalue weighted by Gasteiger charge is 2.43. The number of anilines is 1. The largest absolute Gasteiger partial charge is 0.492 e. The molecule has 3 aliphatic heterocycles. The number of rotatable bonds is 5. The number of benzene rings is 2. The van der Waals surface area contributed by atoms with Crippen molar-refractivity contribution in [3.05, 3.63) is 75.1 Å². The fourth-order valence-corrected chi connectivity index (χ4v) is 5.86. The van der Waals surface area contributed by atoms with Gasteiger partial charge in [0.1, 0.15) is 11.6 Å². The molecule has 6 rings (SSSR count). The summed E-state index contributed by atoms with van der Waals surface area (Å²) in [7, 11) is 0. The molecule has 0 fully saturated rings. The molecule has 1 atom stereocenters. The Balaban J connectivity index is 1.35. The number of hydrogen-bond donors (Lipinski definition) is 0. The van der Waals surface area contributed by atoms with E-state index in [1.807, 2.05) is 24.5 Å². The Hall–Kier alpha value is -3.13. The topological polar surface area (TPSA) is 63.0 Å². The maximum absolute atomic E-state index is 13.7. The molecule has 0 N–H and O–H groups in total. The summed E-state index contributed by atoms with van der Waals surface area (Å²) in [5.41, 5.74) is 4.22. The predicted molar refractivity (Wildman–Crippen MR) is 135 cm³/mol. The van der Waals surface area contributed by atoms with Crippen LogP contribution in [-0.2, 0) is 19.4 Å². The zero-order chi connectivity index (χ0) is 23.4. The van der Waals surface area contributed by atoms with Crippen LogP contribution in [0.25, 0.3) is 0 Å². The van der Waals surface area contributed by atoms with Crippen LogP contribution in [-0.4, -0.2) is 52.1 Å². The number of carbonyl (C=O) groups excluding carboxylic acids is 1. The first-order chi connectivity index (χ1) is 16.5. The van der Waals surface area contributed by atoms with Crippen LogP contribution < -0.4 is 9.64 Å². The number of halogens is 1. The van der Waals surface area contributed by atoms with Crippen LogP contribution in [0.2, 0.25) is 0 Å². The van der Waals surface area contributed by atoms with Crippen molar-refractivity contribution in [2.24, 2.45) is 4.99 Å². The molecule has 3 aromatic rings. The van der Waals surface area contributed by atoms with E-state index in [1.54, 1.807) is 4.90 Å². The van der Waals surface area contributed by atoms with Gasteiger partial charge in [0.2, 0.25) is 5.96 Å². The average Bonchev–Trinajstić information content (AvgIpc) is 3.53. The van der Waals surface area contributed by atoms with Gasteiger partial charge in [0.15, 0.2) is 11.5 Å². The first-order valence-electron chi connectivity index (χ1n) is 11.8. The summed E-state index contributed by atoms with van der Waals surface area (Å²) in [6.45, 7) is 6.55. The number of aromatic nitrogens is 2. The van der Waals surface area contributed by atoms with Crippen LogP contribution in [0.1, 0.15) is 39.9 Å². The molecular formula is C26H26BrN5O2. The lowest BCUT2D eigenvalue weighted by Gasteiger charge is -2.33. The molecule has 34 heavy (non-hydrogen) atoms. The predicted octanol–water partition coefficient (Wildman–Crippen LogP) is 4.20. The van der Waals surface area contributed by atoms with E-state index in [0.29, 0.717) is 25.4 Å². The molecule has 0 saturated heterocycles. The summed E-state index contributed by atoms with van der Waals surface area (Å²) < 4.78 is 8.74. The van der Waals surface area contributed by atoms with Gasteiger partial charge in [-0.1, -0.05) is 36.4 Å². The number of aryl methyl sites for hydroxylation is 1. The third kappa shape index (κ3) is 3.43. The number of imidazole rings is 1. The van der Waals surface area contributed by atoms with Crippen LogP contribution in [0.3, 0.4) is 0 Å². The van der Waals surface area contributed by atoms with Gasteiger partial charge >= 0.3 is 0 Å². The Morgan fingerprint density at radius 3 is 2.79 bits per heavy atom. The number of aliphatic imine (C=N–C) groups is 1. The highest BCUT2D eigenvalue weighted by Crippen LogP contribution is 2.37. The van der Waals surface area contributed by atoms with Crippen LogP contribution in [0.4, 0.5) is 5.82 Å². The molecule has 0 saturated carbocycles. The van der Waals surface area contributed by atoms with Gasteiger partial charge in [-0.05, 0) is 59.0 Å². The van der Waals surface area contributed by atoms with Crippen molar-refractivity contribution in [3.8, 4) is 5.75 Å². The van der Waals surface area contributed by atoms with Crippen molar-refractivity contribution in [2.75, 3.05) is 24.6 Å². The standard InChI is InChI=1S/C26H26BrN5O2/c1-3-30-25(33)22-24(32-15-20(29-26(30)32)12-17-7-5-4-6-8-17)28-16(2)31(22)14-18-11-19-9-10-34-23(19)21(27)13-18/h4-8,11,13,20H,3,9-10,12,14-15H2,1-2H3/t20-/m1/s1. The first-order valence-corrected chi connectivity index (χ1v) is 12.5. The average molecular weight is 520 g/mol. The lowest BCUT2D eigenvalue weighted by Crippen LogP contribution is -2.50. The Morgan fingerprint density at radius 1 is 1.18 bits per heavy atom. The van der Waals surface area contributed by atoms with E-state index in [2.05, 4.69) is 57.2 Å². The lowest BCUT2D eigenvalue weighted by atomic mass is 10.1. The van der Waals surface area contributed by atoms with Crippen molar-refractivity contribution in [3.63, 3.8) is 0 Å². The van der Waals surface area contributed by atoms with Crippen molar-refractivity contribution in [1.82, 2.24) is 14.5 Å². The van der Waals surface area contributed by atoms with E-state index in [9.17, 15) is 4.79 Å². The third-order valence-corrected chi connectivity index (χ3v) is 7.38. The highest BCUT2D eigenvalue weighted by atomic mass is 79.9. The smallest absolute Gasteiger partial charge is 0.281 e. The minimum absolute atomic E-state index is 0.0305. The summed E-state index contributed by atoms with van der Waals surface area (Å²) in [6.07, 6.45) is 1.74. The molecule has 7 nitrogen and oxygen atoms in total. The molecule has 174 valence electrons. The molecule has 0 radical (unpaired) electrons. The van der Waals surface area contributed by atoms with E-state index in [1.165, 1.54) is 11.1 Å². The van der Waals surface area contributed by atoms with Gasteiger partial charge in [0, 0.05) is 19.5 Å². The number of carbonyl (C=O) groups is 1. The quantitative estimate of drug-likeness (QED) is 0.506. The molecule has 2 aromatic carbocycles. The van der Waals surface area contributed by atoms with Crippen LogP contribution in [0.15, 0.2) is 51.9 Å². The number of nitrogens with zero attached hydrogens (tertiary/aromatic N) is 5. The number of fused-ring (bicyclic) bond motifs is 4. The summed E-state index contributed by atoms with van der Waals surface area (Å²) in [5.74, 6) is 3.18. The van der Waals surface area contributed by atoms with Crippen molar-refractivity contribution in [1.29, 1.82) is 0 Å². The van der Waals surface area contributed by atoms with Crippen LogP contribution in [0.5, 0.6) is 5.75 Å². The fraction of sp³-hybridized carbons (Fsp3) is 0.346. The van der Waals surface area contributed by atoms with Gasteiger partial charge in [0.25, 0.3) is 5.91 Å². The second-order valence-electron chi connectivity index (χ2n) is 9.01. The number of ether oxygens (including phenoxy) is 1. The SMILES string of the molecule is CCN1C(=O)c2c(nc(C)n2Cc2cc(Br)c3c(c2)CCO3)N2C[C@@H](Cc3ccccc3)N=C12. The molecule has 0 unspecified atom stereocenters. The van der Waals surface area contributed by atoms with Gasteiger partial charge in [0.05, 0.1) is 23.7 Å². The Kier molecular flexibility index (Phi) is 5.21. The second kappa shape index (κ2) is 8.27. The molecule has 0 aliphatic carbocycles. The van der Waals surface area contributed by atoms with Gasteiger partial charge in [-0.2, -0.15) is 0 Å². The monoisotopic (exact) mass is 519 g/mol. The Morgan fingerprint density at radius 2 is 2.00 bits per heavy atom. The fourth-order valence-electron chi connectivity index (χ4n) is 5.20. The lowest BCUT2D eigenvalue weighted by molar-refractivity contribution is 0.0836. The zero-order valence-corrected chi connectivity index (χ0v) is 20.9. The van der Waals surface area contributed by atoms with Gasteiger partial charge in [-0.25, -0.2) is 9.98 Å². The molecule has 0 spiro atoms.